The topological polar surface area (TPSA) is 66.4 Å². The van der Waals surface area contributed by atoms with Crippen LogP contribution in [0.4, 0.5) is 10.5 Å². The zero-order valence-corrected chi connectivity index (χ0v) is 10.2. The van der Waals surface area contributed by atoms with Crippen LogP contribution in [0.2, 0.25) is 0 Å². The van der Waals surface area contributed by atoms with Gasteiger partial charge in [-0.1, -0.05) is 12.1 Å². The Labute approximate surface area is 108 Å². The highest BCUT2D eigenvalue weighted by Crippen LogP contribution is 2.20. The van der Waals surface area contributed by atoms with Crippen molar-refractivity contribution in [3.8, 4) is 0 Å². The molecule has 0 aliphatic heterocycles. The summed E-state index contributed by atoms with van der Waals surface area (Å²) in [6.45, 7) is 0. The number of hydrogen-bond donors (Lipinski definition) is 2. The van der Waals surface area contributed by atoms with E-state index in [4.69, 9.17) is 5.11 Å². The van der Waals surface area contributed by atoms with Gasteiger partial charge in [0.1, 0.15) is 0 Å². The Morgan fingerprint density at radius 2 is 2.17 bits per heavy atom. The fourth-order valence-electron chi connectivity index (χ4n) is 1.64. The summed E-state index contributed by atoms with van der Waals surface area (Å²) in [5.41, 5.74) is 1.55. The Morgan fingerprint density at radius 3 is 2.83 bits per heavy atom. The Hall–Kier alpha value is -2.14. The molecular formula is C13H11NO3S. The van der Waals surface area contributed by atoms with Crippen molar-refractivity contribution >= 4 is 29.4 Å². The SMILES string of the molecule is O=Cc1ccc(Cc2cccc(NC(=O)O)c2)s1. The van der Waals surface area contributed by atoms with Gasteiger partial charge in [-0.05, 0) is 29.8 Å². The fourth-order valence-corrected chi connectivity index (χ4v) is 2.50. The molecule has 0 fully saturated rings. The van der Waals surface area contributed by atoms with Crippen molar-refractivity contribution in [1.29, 1.82) is 0 Å². The van der Waals surface area contributed by atoms with Crippen molar-refractivity contribution in [3.05, 3.63) is 51.7 Å². The summed E-state index contributed by atoms with van der Waals surface area (Å²) < 4.78 is 0. The van der Waals surface area contributed by atoms with E-state index in [2.05, 4.69) is 5.32 Å². The van der Waals surface area contributed by atoms with Gasteiger partial charge in [-0.3, -0.25) is 10.1 Å². The normalized spacial score (nSPS) is 10.0. The molecule has 1 aromatic heterocycles. The lowest BCUT2D eigenvalue weighted by molar-refractivity contribution is 0.112. The second-order valence-corrected chi connectivity index (χ2v) is 4.93. The van der Waals surface area contributed by atoms with E-state index in [0.717, 1.165) is 16.7 Å². The van der Waals surface area contributed by atoms with Crippen LogP contribution in [-0.2, 0) is 6.42 Å². The zero-order valence-electron chi connectivity index (χ0n) is 9.42. The number of carbonyl (C=O) groups is 2. The van der Waals surface area contributed by atoms with E-state index in [1.807, 2.05) is 12.1 Å². The number of aldehydes is 1. The van der Waals surface area contributed by atoms with Gasteiger partial charge in [0, 0.05) is 17.0 Å². The molecule has 1 heterocycles. The van der Waals surface area contributed by atoms with Crippen LogP contribution in [-0.4, -0.2) is 17.5 Å². The van der Waals surface area contributed by atoms with Crippen LogP contribution in [0.5, 0.6) is 0 Å². The number of thiophene rings is 1. The molecule has 0 aliphatic carbocycles. The molecule has 0 saturated heterocycles. The third-order valence-electron chi connectivity index (χ3n) is 2.36. The van der Waals surface area contributed by atoms with E-state index in [9.17, 15) is 9.59 Å². The summed E-state index contributed by atoms with van der Waals surface area (Å²) in [5, 5.41) is 10.9. The molecular weight excluding hydrogens is 250 g/mol. The van der Waals surface area contributed by atoms with Crippen molar-refractivity contribution in [2.24, 2.45) is 0 Å². The molecule has 92 valence electrons. The lowest BCUT2D eigenvalue weighted by atomic mass is 10.1. The molecule has 1 amide bonds. The van der Waals surface area contributed by atoms with Gasteiger partial charge in [-0.25, -0.2) is 4.79 Å². The first-order valence-electron chi connectivity index (χ1n) is 5.30. The molecule has 2 rings (SSSR count). The number of anilines is 1. The van der Waals surface area contributed by atoms with Crippen LogP contribution in [0.15, 0.2) is 36.4 Å². The second kappa shape index (κ2) is 5.46. The molecule has 4 nitrogen and oxygen atoms in total. The molecule has 5 heteroatoms. The molecule has 0 aliphatic rings. The molecule has 18 heavy (non-hydrogen) atoms. The zero-order chi connectivity index (χ0) is 13.0. The van der Waals surface area contributed by atoms with Gasteiger partial charge in [0.15, 0.2) is 6.29 Å². The van der Waals surface area contributed by atoms with E-state index in [1.54, 1.807) is 24.3 Å². The Bertz CT molecular complexity index is 577. The lowest BCUT2D eigenvalue weighted by Gasteiger charge is -2.03. The van der Waals surface area contributed by atoms with Gasteiger partial charge < -0.3 is 5.11 Å². The van der Waals surface area contributed by atoms with Gasteiger partial charge in [-0.2, -0.15) is 0 Å². The number of rotatable bonds is 4. The Balaban J connectivity index is 2.13. The highest BCUT2D eigenvalue weighted by molar-refractivity contribution is 7.13. The molecule has 2 N–H and O–H groups in total. The maximum atomic E-state index is 10.6. The number of benzene rings is 1. The summed E-state index contributed by atoms with van der Waals surface area (Å²) in [4.78, 5) is 22.9. The van der Waals surface area contributed by atoms with Gasteiger partial charge in [-0.15, -0.1) is 11.3 Å². The summed E-state index contributed by atoms with van der Waals surface area (Å²) in [6, 6.07) is 10.9. The highest BCUT2D eigenvalue weighted by atomic mass is 32.1. The minimum absolute atomic E-state index is 0.548. The lowest BCUT2D eigenvalue weighted by Crippen LogP contribution is -2.07. The molecule has 0 saturated carbocycles. The van der Waals surface area contributed by atoms with Gasteiger partial charge in [0.05, 0.1) is 4.88 Å². The largest absolute Gasteiger partial charge is 0.465 e. The van der Waals surface area contributed by atoms with Crippen LogP contribution >= 0.6 is 11.3 Å². The first-order valence-corrected chi connectivity index (χ1v) is 6.12. The number of carboxylic acid groups (broad SMARTS) is 1. The third-order valence-corrected chi connectivity index (χ3v) is 3.37. The van der Waals surface area contributed by atoms with E-state index in [1.165, 1.54) is 11.3 Å². The Kier molecular flexibility index (Phi) is 3.74. The molecule has 1 aromatic carbocycles. The van der Waals surface area contributed by atoms with Crippen LogP contribution in [0.3, 0.4) is 0 Å². The standard InChI is InChI=1S/C13H11NO3S/c15-8-12-5-4-11(18-12)7-9-2-1-3-10(6-9)14-13(16)17/h1-6,8,14H,7H2,(H,16,17). The minimum atomic E-state index is -1.08. The first-order chi connectivity index (χ1) is 8.67. The number of nitrogens with one attached hydrogen (secondary N) is 1. The van der Waals surface area contributed by atoms with Gasteiger partial charge >= 0.3 is 6.09 Å². The molecule has 2 aromatic rings. The molecule has 0 atom stereocenters. The van der Waals surface area contributed by atoms with Crippen LogP contribution < -0.4 is 5.32 Å². The van der Waals surface area contributed by atoms with E-state index < -0.39 is 6.09 Å². The van der Waals surface area contributed by atoms with Crippen LogP contribution in [0.1, 0.15) is 20.1 Å². The van der Waals surface area contributed by atoms with Crippen molar-refractivity contribution < 1.29 is 14.7 Å². The summed E-state index contributed by atoms with van der Waals surface area (Å²) in [6.07, 6.45) is 0.441. The Morgan fingerprint density at radius 1 is 1.33 bits per heavy atom. The smallest absolute Gasteiger partial charge is 0.409 e. The average Bonchev–Trinajstić information content (AvgIpc) is 2.76. The average molecular weight is 261 g/mol. The highest BCUT2D eigenvalue weighted by Gasteiger charge is 2.03. The quantitative estimate of drug-likeness (QED) is 0.830. The van der Waals surface area contributed by atoms with E-state index in [0.29, 0.717) is 17.0 Å². The molecule has 0 unspecified atom stereocenters. The number of carbonyl (C=O) groups excluding carboxylic acids is 1. The third kappa shape index (κ3) is 3.18. The van der Waals surface area contributed by atoms with Crippen molar-refractivity contribution in [2.75, 3.05) is 5.32 Å². The molecule has 0 spiro atoms. The van der Waals surface area contributed by atoms with Crippen molar-refractivity contribution in [2.45, 2.75) is 6.42 Å². The van der Waals surface area contributed by atoms with E-state index >= 15 is 0 Å². The summed E-state index contributed by atoms with van der Waals surface area (Å²) in [5.74, 6) is 0. The van der Waals surface area contributed by atoms with Crippen LogP contribution in [0, 0.1) is 0 Å². The van der Waals surface area contributed by atoms with E-state index in [-0.39, 0.29) is 0 Å². The maximum absolute atomic E-state index is 10.6. The van der Waals surface area contributed by atoms with Crippen molar-refractivity contribution in [3.63, 3.8) is 0 Å². The summed E-state index contributed by atoms with van der Waals surface area (Å²) >= 11 is 1.44. The molecule has 0 radical (unpaired) electrons. The fraction of sp³-hybridized carbons (Fsp3) is 0.0769. The van der Waals surface area contributed by atoms with Crippen molar-refractivity contribution in [1.82, 2.24) is 0 Å². The predicted octanol–water partition coefficient (Wildman–Crippen LogP) is 3.24. The maximum Gasteiger partial charge on any atom is 0.409 e. The summed E-state index contributed by atoms with van der Waals surface area (Å²) in [7, 11) is 0. The minimum Gasteiger partial charge on any atom is -0.465 e. The first kappa shape index (κ1) is 12.3. The number of amides is 1. The van der Waals surface area contributed by atoms with Crippen LogP contribution in [0.25, 0.3) is 0 Å². The molecule has 0 bridgehead atoms. The monoisotopic (exact) mass is 261 g/mol. The van der Waals surface area contributed by atoms with Gasteiger partial charge in [0.25, 0.3) is 0 Å². The van der Waals surface area contributed by atoms with Gasteiger partial charge in [0.2, 0.25) is 0 Å². The predicted molar refractivity (Wildman–Crippen MR) is 70.6 cm³/mol. The second-order valence-electron chi connectivity index (χ2n) is 3.73. The number of hydrogen-bond acceptors (Lipinski definition) is 3.